The van der Waals surface area contributed by atoms with E-state index in [0.29, 0.717) is 6.61 Å². The number of nitrogens with zero attached hydrogens (tertiary/aromatic N) is 2. The number of aryl methyl sites for hydroxylation is 1. The lowest BCUT2D eigenvalue weighted by Gasteiger charge is -2.09. The van der Waals surface area contributed by atoms with Crippen LogP contribution >= 0.6 is 0 Å². The van der Waals surface area contributed by atoms with Gasteiger partial charge in [0, 0.05) is 12.4 Å². The van der Waals surface area contributed by atoms with Crippen molar-refractivity contribution in [3.63, 3.8) is 0 Å². The maximum Gasteiger partial charge on any atom is 0.201 e. The summed E-state index contributed by atoms with van der Waals surface area (Å²) in [6.07, 6.45) is 13.8. The molecule has 0 radical (unpaired) electrons. The lowest BCUT2D eigenvalue weighted by Crippen LogP contribution is -2.02. The second-order valence-corrected chi connectivity index (χ2v) is 6.87. The number of aromatic nitrogens is 2. The van der Waals surface area contributed by atoms with Gasteiger partial charge in [0.05, 0.1) is 12.2 Å². The molecule has 148 valence electrons. The van der Waals surface area contributed by atoms with E-state index < -0.39 is 11.6 Å². The highest BCUT2D eigenvalue weighted by atomic mass is 19.2. The van der Waals surface area contributed by atoms with E-state index in [4.69, 9.17) is 4.74 Å². The summed E-state index contributed by atoms with van der Waals surface area (Å²) < 4.78 is 33.6. The summed E-state index contributed by atoms with van der Waals surface area (Å²) >= 11 is 0. The Balaban J connectivity index is 1.90. The second-order valence-electron chi connectivity index (χ2n) is 6.87. The van der Waals surface area contributed by atoms with Crippen molar-refractivity contribution in [2.45, 2.75) is 71.6 Å². The molecule has 1 heterocycles. The van der Waals surface area contributed by atoms with E-state index >= 15 is 0 Å². The van der Waals surface area contributed by atoms with Crippen LogP contribution in [0.2, 0.25) is 0 Å². The van der Waals surface area contributed by atoms with Crippen molar-refractivity contribution >= 4 is 0 Å². The van der Waals surface area contributed by atoms with E-state index in [-0.39, 0.29) is 17.1 Å². The maximum atomic E-state index is 14.3. The normalized spacial score (nSPS) is 11.0. The van der Waals surface area contributed by atoms with Gasteiger partial charge < -0.3 is 4.74 Å². The summed E-state index contributed by atoms with van der Waals surface area (Å²) in [5.41, 5.74) is 1.08. The standard InChI is InChI=1S/C22H30F2N2O/c1-3-5-6-7-8-9-10-11-17-15-25-22(26-16-17)18-12-13-19(27-14-4-2)21(24)20(18)23/h12-13,15-16H,3-11,14H2,1-2H3. The quantitative estimate of drug-likeness (QED) is 0.396. The minimum atomic E-state index is -0.989. The highest BCUT2D eigenvalue weighted by Crippen LogP contribution is 2.28. The molecule has 0 bridgehead atoms. The first-order valence-electron chi connectivity index (χ1n) is 10.1. The van der Waals surface area contributed by atoms with Gasteiger partial charge in [-0.25, -0.2) is 14.4 Å². The van der Waals surface area contributed by atoms with Crippen LogP contribution in [-0.4, -0.2) is 16.6 Å². The molecule has 1 aromatic carbocycles. The van der Waals surface area contributed by atoms with Crippen molar-refractivity contribution in [3.8, 4) is 17.1 Å². The third kappa shape index (κ3) is 6.56. The molecule has 0 unspecified atom stereocenters. The minimum absolute atomic E-state index is 0.0545. The van der Waals surface area contributed by atoms with Gasteiger partial charge in [0.1, 0.15) is 0 Å². The summed E-state index contributed by atoms with van der Waals surface area (Å²) in [4.78, 5) is 8.45. The topological polar surface area (TPSA) is 35.0 Å². The monoisotopic (exact) mass is 376 g/mol. The molecule has 1 aromatic heterocycles. The Morgan fingerprint density at radius 1 is 0.815 bits per heavy atom. The number of benzene rings is 1. The zero-order valence-electron chi connectivity index (χ0n) is 16.4. The van der Waals surface area contributed by atoms with Crippen LogP contribution in [0.25, 0.3) is 11.4 Å². The fraction of sp³-hybridized carbons (Fsp3) is 0.545. The average molecular weight is 376 g/mol. The van der Waals surface area contributed by atoms with Gasteiger partial charge in [-0.3, -0.25) is 0 Å². The maximum absolute atomic E-state index is 14.3. The first kappa shape index (κ1) is 21.3. The van der Waals surface area contributed by atoms with Gasteiger partial charge in [-0.15, -0.1) is 0 Å². The molecule has 0 saturated heterocycles. The molecule has 0 aliphatic heterocycles. The zero-order valence-corrected chi connectivity index (χ0v) is 16.4. The largest absolute Gasteiger partial charge is 0.490 e. The molecule has 0 fully saturated rings. The Hall–Kier alpha value is -2.04. The van der Waals surface area contributed by atoms with Gasteiger partial charge in [0.15, 0.2) is 17.4 Å². The van der Waals surface area contributed by atoms with E-state index in [9.17, 15) is 8.78 Å². The van der Waals surface area contributed by atoms with Crippen LogP contribution in [0.15, 0.2) is 24.5 Å². The van der Waals surface area contributed by atoms with Crippen LogP contribution in [0.1, 0.15) is 70.8 Å². The van der Waals surface area contributed by atoms with Gasteiger partial charge in [0.2, 0.25) is 5.82 Å². The number of ether oxygens (including phenoxy) is 1. The van der Waals surface area contributed by atoms with Gasteiger partial charge in [0.25, 0.3) is 0 Å². The Morgan fingerprint density at radius 2 is 1.48 bits per heavy atom. The highest BCUT2D eigenvalue weighted by Gasteiger charge is 2.17. The van der Waals surface area contributed by atoms with Crippen molar-refractivity contribution in [2.75, 3.05) is 6.61 Å². The molecule has 5 heteroatoms. The van der Waals surface area contributed by atoms with Crippen molar-refractivity contribution in [1.29, 1.82) is 0 Å². The number of halogens is 2. The van der Waals surface area contributed by atoms with E-state index in [1.807, 2.05) is 6.92 Å². The fourth-order valence-electron chi connectivity index (χ4n) is 2.94. The summed E-state index contributed by atoms with van der Waals surface area (Å²) in [5.74, 6) is -1.84. The molecule has 0 atom stereocenters. The van der Waals surface area contributed by atoms with Crippen LogP contribution in [-0.2, 0) is 6.42 Å². The first-order chi connectivity index (χ1) is 13.2. The molecule has 2 aromatic rings. The Kier molecular flexibility index (Phi) is 9.16. The molecule has 0 N–H and O–H groups in total. The molecule has 0 amide bonds. The van der Waals surface area contributed by atoms with Crippen molar-refractivity contribution < 1.29 is 13.5 Å². The Labute approximate surface area is 161 Å². The molecule has 2 rings (SSSR count). The fourth-order valence-corrected chi connectivity index (χ4v) is 2.94. The third-order valence-corrected chi connectivity index (χ3v) is 4.52. The zero-order chi connectivity index (χ0) is 19.5. The third-order valence-electron chi connectivity index (χ3n) is 4.52. The summed E-state index contributed by atoms with van der Waals surface area (Å²) in [6.45, 7) is 4.47. The second kappa shape index (κ2) is 11.6. The number of unbranched alkanes of at least 4 members (excludes halogenated alkanes) is 6. The summed E-state index contributed by atoms with van der Waals surface area (Å²) in [6, 6.07) is 2.90. The smallest absolute Gasteiger partial charge is 0.201 e. The molecule has 0 aliphatic rings. The molecule has 3 nitrogen and oxygen atoms in total. The van der Waals surface area contributed by atoms with Crippen LogP contribution in [0.3, 0.4) is 0 Å². The molecular formula is C22H30F2N2O. The minimum Gasteiger partial charge on any atom is -0.490 e. The molecule has 0 aliphatic carbocycles. The van der Waals surface area contributed by atoms with E-state index in [2.05, 4.69) is 16.9 Å². The van der Waals surface area contributed by atoms with Crippen LogP contribution in [0, 0.1) is 11.6 Å². The molecule has 0 spiro atoms. The SMILES string of the molecule is CCCCCCCCCc1cnc(-c2ccc(OCCC)c(F)c2F)nc1. The van der Waals surface area contributed by atoms with E-state index in [0.717, 1.165) is 24.8 Å². The molecule has 0 saturated carbocycles. The lowest BCUT2D eigenvalue weighted by molar-refractivity contribution is 0.295. The predicted octanol–water partition coefficient (Wildman–Crippen LogP) is 6.50. The van der Waals surface area contributed by atoms with Crippen LogP contribution in [0.4, 0.5) is 8.78 Å². The number of rotatable bonds is 12. The van der Waals surface area contributed by atoms with Gasteiger partial charge in [-0.1, -0.05) is 52.4 Å². The predicted molar refractivity (Wildman–Crippen MR) is 105 cm³/mol. The van der Waals surface area contributed by atoms with Crippen molar-refractivity contribution in [1.82, 2.24) is 9.97 Å². The summed E-state index contributed by atoms with van der Waals surface area (Å²) in [5, 5.41) is 0. The van der Waals surface area contributed by atoms with Crippen LogP contribution < -0.4 is 4.74 Å². The lowest BCUT2D eigenvalue weighted by atomic mass is 10.1. The Morgan fingerprint density at radius 3 is 2.15 bits per heavy atom. The highest BCUT2D eigenvalue weighted by molar-refractivity contribution is 5.57. The molecular weight excluding hydrogens is 346 g/mol. The van der Waals surface area contributed by atoms with Gasteiger partial charge >= 0.3 is 0 Å². The first-order valence-corrected chi connectivity index (χ1v) is 10.1. The van der Waals surface area contributed by atoms with E-state index in [1.54, 1.807) is 12.4 Å². The molecule has 27 heavy (non-hydrogen) atoms. The van der Waals surface area contributed by atoms with Gasteiger partial charge in [-0.2, -0.15) is 4.39 Å². The van der Waals surface area contributed by atoms with Crippen LogP contribution in [0.5, 0.6) is 5.75 Å². The number of hydrogen-bond donors (Lipinski definition) is 0. The van der Waals surface area contributed by atoms with Gasteiger partial charge in [-0.05, 0) is 37.0 Å². The van der Waals surface area contributed by atoms with Crippen molar-refractivity contribution in [2.24, 2.45) is 0 Å². The Bertz CT molecular complexity index is 689. The summed E-state index contributed by atoms with van der Waals surface area (Å²) in [7, 11) is 0. The van der Waals surface area contributed by atoms with Crippen molar-refractivity contribution in [3.05, 3.63) is 41.7 Å². The number of hydrogen-bond acceptors (Lipinski definition) is 3. The average Bonchev–Trinajstić information content (AvgIpc) is 2.69. The van der Waals surface area contributed by atoms with E-state index in [1.165, 1.54) is 50.7 Å².